The number of methoxy groups -OCH3 is 1. The molecule has 1 N–H and O–H groups in total. The highest BCUT2D eigenvalue weighted by Gasteiger charge is 2.20. The standard InChI is InChI=1S/C13H18N2OS/c1-13(10-14,15-2)8-9-17-12-6-4-11(16-3)5-7-12/h4-7,15H,8-9H2,1-3H3. The fraction of sp³-hybridized carbons (Fsp3) is 0.462. The molecule has 3 nitrogen and oxygen atoms in total. The first-order valence-electron chi connectivity index (χ1n) is 5.50. The van der Waals surface area contributed by atoms with Crippen molar-refractivity contribution in [3.63, 3.8) is 0 Å². The molecular weight excluding hydrogens is 232 g/mol. The number of hydrogen-bond donors (Lipinski definition) is 1. The molecule has 1 aromatic rings. The number of ether oxygens (including phenoxy) is 1. The Hall–Kier alpha value is -1.18. The molecule has 0 heterocycles. The number of hydrogen-bond acceptors (Lipinski definition) is 4. The Labute approximate surface area is 107 Å². The molecule has 0 aliphatic rings. The maximum atomic E-state index is 9.01. The maximum Gasteiger partial charge on any atom is 0.118 e. The number of nitriles is 1. The highest BCUT2D eigenvalue weighted by molar-refractivity contribution is 7.99. The lowest BCUT2D eigenvalue weighted by Crippen LogP contribution is -2.38. The number of thioether (sulfide) groups is 1. The predicted octanol–water partition coefficient (Wildman–Crippen LogP) is 2.68. The molecule has 0 radical (unpaired) electrons. The van der Waals surface area contributed by atoms with Gasteiger partial charge in [0.2, 0.25) is 0 Å². The Morgan fingerprint density at radius 1 is 1.41 bits per heavy atom. The molecule has 0 fully saturated rings. The third kappa shape index (κ3) is 4.29. The van der Waals surface area contributed by atoms with Crippen LogP contribution in [0.15, 0.2) is 29.2 Å². The Morgan fingerprint density at radius 3 is 2.53 bits per heavy atom. The highest BCUT2D eigenvalue weighted by atomic mass is 32.2. The van der Waals surface area contributed by atoms with Crippen molar-refractivity contribution in [1.29, 1.82) is 5.26 Å². The Bertz CT molecular complexity index is 385. The molecule has 1 unspecified atom stereocenters. The van der Waals surface area contributed by atoms with Gasteiger partial charge in [0.05, 0.1) is 13.2 Å². The van der Waals surface area contributed by atoms with Gasteiger partial charge in [-0.15, -0.1) is 11.8 Å². The summed E-state index contributed by atoms with van der Waals surface area (Å²) in [6, 6.07) is 10.3. The SMILES string of the molecule is CNC(C)(C#N)CCSc1ccc(OC)cc1. The zero-order valence-electron chi connectivity index (χ0n) is 10.5. The molecule has 17 heavy (non-hydrogen) atoms. The van der Waals surface area contributed by atoms with Gasteiger partial charge in [-0.25, -0.2) is 0 Å². The first kappa shape index (κ1) is 13.9. The first-order chi connectivity index (χ1) is 8.13. The van der Waals surface area contributed by atoms with Crippen LogP contribution >= 0.6 is 11.8 Å². The third-order valence-corrected chi connectivity index (χ3v) is 3.74. The number of nitrogens with zero attached hydrogens (tertiary/aromatic N) is 1. The summed E-state index contributed by atoms with van der Waals surface area (Å²) in [5.74, 6) is 1.78. The van der Waals surface area contributed by atoms with Gasteiger partial charge in [-0.05, 0) is 44.7 Å². The molecule has 0 bridgehead atoms. The molecule has 1 rings (SSSR count). The Morgan fingerprint density at radius 2 is 2.06 bits per heavy atom. The largest absolute Gasteiger partial charge is 0.497 e. The molecule has 0 aliphatic carbocycles. The van der Waals surface area contributed by atoms with E-state index in [1.807, 2.05) is 38.2 Å². The van der Waals surface area contributed by atoms with Gasteiger partial charge in [0, 0.05) is 10.6 Å². The topological polar surface area (TPSA) is 45.0 Å². The molecule has 0 aliphatic heterocycles. The minimum atomic E-state index is -0.431. The zero-order valence-corrected chi connectivity index (χ0v) is 11.3. The van der Waals surface area contributed by atoms with Gasteiger partial charge in [-0.2, -0.15) is 5.26 Å². The summed E-state index contributed by atoms with van der Waals surface area (Å²) in [4.78, 5) is 1.20. The van der Waals surface area contributed by atoms with E-state index < -0.39 is 5.54 Å². The summed E-state index contributed by atoms with van der Waals surface area (Å²) in [6.07, 6.45) is 0.816. The molecule has 0 saturated heterocycles. The van der Waals surface area contributed by atoms with Crippen LogP contribution in [0.2, 0.25) is 0 Å². The van der Waals surface area contributed by atoms with Crippen LogP contribution in [0.5, 0.6) is 5.75 Å². The summed E-state index contributed by atoms with van der Waals surface area (Å²) in [7, 11) is 3.48. The quantitative estimate of drug-likeness (QED) is 0.788. The predicted molar refractivity (Wildman–Crippen MR) is 71.4 cm³/mol. The van der Waals surface area contributed by atoms with Crippen LogP contribution in [-0.4, -0.2) is 25.4 Å². The van der Waals surface area contributed by atoms with Crippen molar-refractivity contribution in [3.8, 4) is 11.8 Å². The van der Waals surface area contributed by atoms with Crippen LogP contribution in [0, 0.1) is 11.3 Å². The van der Waals surface area contributed by atoms with Crippen molar-refractivity contribution < 1.29 is 4.74 Å². The summed E-state index contributed by atoms with van der Waals surface area (Å²) in [6.45, 7) is 1.92. The molecule has 0 saturated carbocycles. The summed E-state index contributed by atoms with van der Waals surface area (Å²) in [5, 5.41) is 12.1. The maximum absolute atomic E-state index is 9.01. The van der Waals surface area contributed by atoms with Crippen molar-refractivity contribution in [2.45, 2.75) is 23.8 Å². The van der Waals surface area contributed by atoms with Crippen molar-refractivity contribution in [1.82, 2.24) is 5.32 Å². The molecule has 92 valence electrons. The Kier molecular flexibility index (Phi) is 5.33. The van der Waals surface area contributed by atoms with Gasteiger partial charge in [-0.3, -0.25) is 0 Å². The fourth-order valence-electron chi connectivity index (χ4n) is 1.28. The van der Waals surface area contributed by atoms with Crippen molar-refractivity contribution in [2.24, 2.45) is 0 Å². The normalized spacial score (nSPS) is 13.8. The van der Waals surface area contributed by atoms with Crippen LogP contribution in [-0.2, 0) is 0 Å². The summed E-state index contributed by atoms with van der Waals surface area (Å²) in [5.41, 5.74) is -0.431. The lowest BCUT2D eigenvalue weighted by atomic mass is 10.0. The molecule has 4 heteroatoms. The average molecular weight is 250 g/mol. The molecule has 1 atom stereocenters. The van der Waals surface area contributed by atoms with Gasteiger partial charge in [0.15, 0.2) is 0 Å². The minimum absolute atomic E-state index is 0.431. The van der Waals surface area contributed by atoms with E-state index in [0.717, 1.165) is 17.9 Å². The van der Waals surface area contributed by atoms with E-state index in [-0.39, 0.29) is 0 Å². The highest BCUT2D eigenvalue weighted by Crippen LogP contribution is 2.23. The molecule has 0 amide bonds. The van der Waals surface area contributed by atoms with E-state index in [1.165, 1.54) is 4.90 Å². The van der Waals surface area contributed by atoms with Gasteiger partial charge in [0.1, 0.15) is 11.3 Å². The van der Waals surface area contributed by atoms with Crippen LogP contribution in [0.1, 0.15) is 13.3 Å². The second kappa shape index (κ2) is 6.53. The molecule has 0 aromatic heterocycles. The first-order valence-corrected chi connectivity index (χ1v) is 6.49. The second-order valence-corrected chi connectivity index (χ2v) is 5.14. The van der Waals surface area contributed by atoms with Crippen LogP contribution in [0.3, 0.4) is 0 Å². The van der Waals surface area contributed by atoms with E-state index in [2.05, 4.69) is 11.4 Å². The second-order valence-electron chi connectivity index (χ2n) is 3.97. The number of nitrogens with one attached hydrogen (secondary N) is 1. The van der Waals surface area contributed by atoms with Gasteiger partial charge in [-0.1, -0.05) is 0 Å². The fourth-order valence-corrected chi connectivity index (χ4v) is 2.36. The van der Waals surface area contributed by atoms with E-state index in [4.69, 9.17) is 10.00 Å². The van der Waals surface area contributed by atoms with Crippen LogP contribution < -0.4 is 10.1 Å². The van der Waals surface area contributed by atoms with Gasteiger partial charge in [0.25, 0.3) is 0 Å². The third-order valence-electron chi connectivity index (χ3n) is 2.73. The van der Waals surface area contributed by atoms with E-state index in [0.29, 0.717) is 0 Å². The average Bonchev–Trinajstić information content (AvgIpc) is 2.39. The zero-order chi connectivity index (χ0) is 12.7. The lowest BCUT2D eigenvalue weighted by molar-refractivity contribution is 0.414. The van der Waals surface area contributed by atoms with Crippen LogP contribution in [0.4, 0.5) is 0 Å². The van der Waals surface area contributed by atoms with Crippen molar-refractivity contribution in [2.75, 3.05) is 19.9 Å². The summed E-state index contributed by atoms with van der Waals surface area (Å²) < 4.78 is 5.10. The van der Waals surface area contributed by atoms with Crippen molar-refractivity contribution >= 4 is 11.8 Å². The van der Waals surface area contributed by atoms with Gasteiger partial charge < -0.3 is 10.1 Å². The van der Waals surface area contributed by atoms with Crippen LogP contribution in [0.25, 0.3) is 0 Å². The number of benzene rings is 1. The summed E-state index contributed by atoms with van der Waals surface area (Å²) >= 11 is 1.75. The number of rotatable bonds is 6. The Balaban J connectivity index is 2.43. The molecule has 0 spiro atoms. The monoisotopic (exact) mass is 250 g/mol. The van der Waals surface area contributed by atoms with E-state index >= 15 is 0 Å². The lowest BCUT2D eigenvalue weighted by Gasteiger charge is -2.19. The smallest absolute Gasteiger partial charge is 0.118 e. The van der Waals surface area contributed by atoms with E-state index in [9.17, 15) is 0 Å². The van der Waals surface area contributed by atoms with Gasteiger partial charge >= 0.3 is 0 Å². The minimum Gasteiger partial charge on any atom is -0.497 e. The molecular formula is C13H18N2OS. The molecule has 1 aromatic carbocycles. The van der Waals surface area contributed by atoms with Crippen molar-refractivity contribution in [3.05, 3.63) is 24.3 Å². The van der Waals surface area contributed by atoms with E-state index in [1.54, 1.807) is 18.9 Å².